The monoisotopic (exact) mass is 278 g/mol. The van der Waals surface area contributed by atoms with Crippen LogP contribution in [-0.4, -0.2) is 30.2 Å². The van der Waals surface area contributed by atoms with Crippen molar-refractivity contribution in [3.8, 4) is 17.1 Å². The van der Waals surface area contributed by atoms with Crippen LogP contribution in [0.5, 0.6) is 5.88 Å². The summed E-state index contributed by atoms with van der Waals surface area (Å²) in [6.07, 6.45) is 1.61. The zero-order valence-electron chi connectivity index (χ0n) is 10.4. The molecule has 0 bridgehead atoms. The van der Waals surface area contributed by atoms with Gasteiger partial charge in [-0.2, -0.15) is 0 Å². The van der Waals surface area contributed by atoms with E-state index in [2.05, 4.69) is 14.7 Å². The Labute approximate surface area is 115 Å². The summed E-state index contributed by atoms with van der Waals surface area (Å²) >= 11 is 5.91. The average molecular weight is 279 g/mol. The van der Waals surface area contributed by atoms with E-state index in [1.165, 1.54) is 14.2 Å². The van der Waals surface area contributed by atoms with E-state index in [9.17, 15) is 4.79 Å². The summed E-state index contributed by atoms with van der Waals surface area (Å²) in [5, 5.41) is 0.247. The molecule has 0 spiro atoms. The van der Waals surface area contributed by atoms with Gasteiger partial charge in [-0.15, -0.1) is 0 Å². The number of rotatable bonds is 3. The molecule has 6 heteroatoms. The molecule has 2 heterocycles. The maximum atomic E-state index is 11.5. The van der Waals surface area contributed by atoms with E-state index in [0.29, 0.717) is 11.6 Å². The van der Waals surface area contributed by atoms with Gasteiger partial charge in [-0.3, -0.25) is 0 Å². The normalized spacial score (nSPS) is 10.1. The summed E-state index contributed by atoms with van der Waals surface area (Å²) in [6, 6.07) is 6.81. The van der Waals surface area contributed by atoms with E-state index in [1.807, 2.05) is 0 Å². The summed E-state index contributed by atoms with van der Waals surface area (Å²) in [4.78, 5) is 19.8. The largest absolute Gasteiger partial charge is 0.481 e. The Morgan fingerprint density at radius 1 is 1.21 bits per heavy atom. The van der Waals surface area contributed by atoms with Gasteiger partial charge in [0.15, 0.2) is 5.69 Å². The molecular formula is C13H11ClN2O3. The number of pyridine rings is 2. The van der Waals surface area contributed by atoms with Crippen molar-refractivity contribution in [2.45, 2.75) is 0 Å². The lowest BCUT2D eigenvalue weighted by molar-refractivity contribution is 0.0594. The Morgan fingerprint density at radius 3 is 2.58 bits per heavy atom. The highest BCUT2D eigenvalue weighted by Crippen LogP contribution is 2.22. The Morgan fingerprint density at radius 2 is 2.00 bits per heavy atom. The first-order chi connectivity index (χ1) is 9.15. The van der Waals surface area contributed by atoms with E-state index in [4.69, 9.17) is 16.3 Å². The van der Waals surface area contributed by atoms with Gasteiger partial charge in [0.25, 0.3) is 0 Å². The van der Waals surface area contributed by atoms with Crippen LogP contribution in [0.2, 0.25) is 5.02 Å². The molecule has 0 amide bonds. The molecule has 0 N–H and O–H groups in total. The van der Waals surface area contributed by atoms with Crippen LogP contribution in [0.1, 0.15) is 10.5 Å². The third kappa shape index (κ3) is 2.82. The summed E-state index contributed by atoms with van der Waals surface area (Å²) in [5.41, 5.74) is 1.42. The number of hydrogen-bond acceptors (Lipinski definition) is 5. The van der Waals surface area contributed by atoms with Crippen molar-refractivity contribution >= 4 is 17.6 Å². The zero-order valence-corrected chi connectivity index (χ0v) is 11.1. The van der Waals surface area contributed by atoms with Crippen LogP contribution in [-0.2, 0) is 4.74 Å². The minimum Gasteiger partial charge on any atom is -0.481 e. The number of carbonyl (C=O) groups excluding carboxylic acids is 1. The van der Waals surface area contributed by atoms with Crippen LogP contribution in [0.4, 0.5) is 0 Å². The maximum Gasteiger partial charge on any atom is 0.358 e. The third-order valence-corrected chi connectivity index (χ3v) is 2.77. The van der Waals surface area contributed by atoms with Crippen LogP contribution in [0, 0.1) is 0 Å². The van der Waals surface area contributed by atoms with Crippen molar-refractivity contribution in [3.63, 3.8) is 0 Å². The molecular weight excluding hydrogens is 268 g/mol. The average Bonchev–Trinajstić information content (AvgIpc) is 2.47. The standard InChI is InChI=1S/C13H11ClN2O3/c1-18-11-6-3-8(7-15-11)10-5-4-9(14)12(16-10)13(17)19-2/h3-7H,1-2H3. The van der Waals surface area contributed by atoms with Crippen molar-refractivity contribution < 1.29 is 14.3 Å². The molecule has 19 heavy (non-hydrogen) atoms. The summed E-state index contributed by atoms with van der Waals surface area (Å²) in [7, 11) is 2.82. The quantitative estimate of drug-likeness (QED) is 0.808. The number of halogens is 1. The van der Waals surface area contributed by atoms with Gasteiger partial charge in [-0.1, -0.05) is 11.6 Å². The fraction of sp³-hybridized carbons (Fsp3) is 0.154. The van der Waals surface area contributed by atoms with Crippen LogP contribution >= 0.6 is 11.6 Å². The molecule has 0 saturated heterocycles. The smallest absolute Gasteiger partial charge is 0.358 e. The Kier molecular flexibility index (Phi) is 3.97. The van der Waals surface area contributed by atoms with E-state index in [-0.39, 0.29) is 10.7 Å². The lowest BCUT2D eigenvalue weighted by atomic mass is 10.2. The maximum absolute atomic E-state index is 11.5. The number of carbonyl (C=O) groups is 1. The number of ether oxygens (including phenoxy) is 2. The molecule has 0 radical (unpaired) electrons. The molecule has 2 aromatic rings. The van der Waals surface area contributed by atoms with Crippen molar-refractivity contribution in [2.75, 3.05) is 14.2 Å². The minimum absolute atomic E-state index is 0.0810. The van der Waals surface area contributed by atoms with Gasteiger partial charge in [-0.25, -0.2) is 14.8 Å². The molecule has 0 saturated carbocycles. The Balaban J connectivity index is 2.42. The highest BCUT2D eigenvalue weighted by atomic mass is 35.5. The fourth-order valence-corrected chi connectivity index (χ4v) is 1.68. The molecule has 0 fully saturated rings. The molecule has 2 aromatic heterocycles. The molecule has 0 aliphatic heterocycles. The first-order valence-electron chi connectivity index (χ1n) is 5.41. The van der Waals surface area contributed by atoms with Gasteiger partial charge < -0.3 is 9.47 Å². The summed E-state index contributed by atoms with van der Waals surface area (Å²) < 4.78 is 9.60. The molecule has 98 valence electrons. The van der Waals surface area contributed by atoms with E-state index in [1.54, 1.807) is 30.5 Å². The lowest BCUT2D eigenvalue weighted by Crippen LogP contribution is -2.05. The Bertz CT molecular complexity index is 599. The van der Waals surface area contributed by atoms with E-state index < -0.39 is 5.97 Å². The summed E-state index contributed by atoms with van der Waals surface area (Å²) in [5.74, 6) is -0.0702. The van der Waals surface area contributed by atoms with Gasteiger partial charge in [0.05, 0.1) is 24.9 Å². The highest BCUT2D eigenvalue weighted by molar-refractivity contribution is 6.33. The Hall–Kier alpha value is -2.14. The van der Waals surface area contributed by atoms with Crippen LogP contribution in [0.25, 0.3) is 11.3 Å². The molecule has 0 unspecified atom stereocenters. The number of esters is 1. The predicted octanol–water partition coefficient (Wildman–Crippen LogP) is 2.59. The second-order valence-corrected chi connectivity index (χ2v) is 4.01. The van der Waals surface area contributed by atoms with Crippen LogP contribution < -0.4 is 4.74 Å². The van der Waals surface area contributed by atoms with Crippen molar-refractivity contribution in [1.29, 1.82) is 0 Å². The lowest BCUT2D eigenvalue weighted by Gasteiger charge is -2.06. The third-order valence-electron chi connectivity index (χ3n) is 2.47. The van der Waals surface area contributed by atoms with Crippen LogP contribution in [0.3, 0.4) is 0 Å². The van der Waals surface area contributed by atoms with Crippen molar-refractivity contribution in [3.05, 3.63) is 41.2 Å². The number of aromatic nitrogens is 2. The topological polar surface area (TPSA) is 61.3 Å². The zero-order chi connectivity index (χ0) is 13.8. The second-order valence-electron chi connectivity index (χ2n) is 3.61. The van der Waals surface area contributed by atoms with E-state index >= 15 is 0 Å². The molecule has 5 nitrogen and oxygen atoms in total. The minimum atomic E-state index is -0.576. The van der Waals surface area contributed by atoms with Crippen molar-refractivity contribution in [2.24, 2.45) is 0 Å². The molecule has 0 aliphatic rings. The number of hydrogen-bond donors (Lipinski definition) is 0. The molecule has 0 aliphatic carbocycles. The van der Waals surface area contributed by atoms with Gasteiger partial charge in [0.2, 0.25) is 5.88 Å². The van der Waals surface area contributed by atoms with Gasteiger partial charge in [0, 0.05) is 17.8 Å². The van der Waals surface area contributed by atoms with Crippen LogP contribution in [0.15, 0.2) is 30.5 Å². The van der Waals surface area contributed by atoms with Gasteiger partial charge >= 0.3 is 5.97 Å². The number of methoxy groups -OCH3 is 2. The van der Waals surface area contributed by atoms with Crippen molar-refractivity contribution in [1.82, 2.24) is 9.97 Å². The van der Waals surface area contributed by atoms with Gasteiger partial charge in [-0.05, 0) is 18.2 Å². The highest BCUT2D eigenvalue weighted by Gasteiger charge is 2.14. The fourth-order valence-electron chi connectivity index (χ4n) is 1.50. The number of nitrogens with zero attached hydrogens (tertiary/aromatic N) is 2. The second kappa shape index (κ2) is 5.67. The van der Waals surface area contributed by atoms with E-state index in [0.717, 1.165) is 5.56 Å². The first-order valence-corrected chi connectivity index (χ1v) is 5.78. The predicted molar refractivity (Wildman–Crippen MR) is 70.4 cm³/mol. The van der Waals surface area contributed by atoms with Gasteiger partial charge in [0.1, 0.15) is 0 Å². The first kappa shape index (κ1) is 13.3. The molecule has 0 aromatic carbocycles. The molecule has 0 atom stereocenters. The summed E-state index contributed by atoms with van der Waals surface area (Å²) in [6.45, 7) is 0. The molecule has 2 rings (SSSR count). The SMILES string of the molecule is COC(=O)c1nc(-c2ccc(OC)nc2)ccc1Cl.